The van der Waals surface area contributed by atoms with Crippen molar-refractivity contribution in [1.82, 2.24) is 40.8 Å². The lowest BCUT2D eigenvalue weighted by Gasteiger charge is -2.28. The minimum atomic E-state index is -3.31. The van der Waals surface area contributed by atoms with Crippen LogP contribution in [0.15, 0.2) is 91.1 Å². The zero-order valence-corrected chi connectivity index (χ0v) is 36.3. The normalized spacial score (nSPS) is 16.5. The number of H-pyrrole nitrogens is 2. The van der Waals surface area contributed by atoms with E-state index in [0.717, 1.165) is 6.42 Å². The highest BCUT2D eigenvalue weighted by Crippen LogP contribution is 2.53. The van der Waals surface area contributed by atoms with Gasteiger partial charge in [-0.05, 0) is 76.8 Å². The maximum Gasteiger partial charge on any atom is 0.407 e. The number of fused-ring (bicyclic) bond motifs is 4. The minimum absolute atomic E-state index is 0.107. The van der Waals surface area contributed by atoms with Gasteiger partial charge < -0.3 is 40.3 Å². The lowest BCUT2D eigenvalue weighted by Crippen LogP contribution is -2.51. The van der Waals surface area contributed by atoms with Gasteiger partial charge in [0, 0.05) is 23.2 Å². The summed E-state index contributed by atoms with van der Waals surface area (Å²) < 4.78 is 42.6. The van der Waals surface area contributed by atoms with Crippen LogP contribution in [0, 0.1) is 11.8 Å². The first kappa shape index (κ1) is 43.5. The van der Waals surface area contributed by atoms with Crippen LogP contribution in [0.3, 0.4) is 0 Å². The molecule has 0 radical (unpaired) electrons. The minimum Gasteiger partial charge on any atom is -0.453 e. The molecule has 4 atom stereocenters. The molecule has 332 valence electrons. The molecular formula is C48H50F2N8O6. The molecule has 2 unspecified atom stereocenters. The molecule has 1 fully saturated rings. The average Bonchev–Trinajstić information content (AvgIpc) is 4.11. The first-order valence-corrected chi connectivity index (χ1v) is 21.3. The summed E-state index contributed by atoms with van der Waals surface area (Å²) in [6.07, 6.45) is 1.53. The van der Waals surface area contributed by atoms with Crippen molar-refractivity contribution in [2.24, 2.45) is 11.8 Å². The third kappa shape index (κ3) is 8.27. The van der Waals surface area contributed by atoms with Gasteiger partial charge in [-0.25, -0.2) is 19.6 Å². The van der Waals surface area contributed by atoms with Crippen molar-refractivity contribution in [2.75, 3.05) is 20.8 Å². The van der Waals surface area contributed by atoms with Gasteiger partial charge in [0.1, 0.15) is 23.7 Å². The summed E-state index contributed by atoms with van der Waals surface area (Å²) in [6, 6.07) is 21.8. The number of nitrogens with one attached hydrogen (secondary N) is 5. The van der Waals surface area contributed by atoms with E-state index in [1.807, 2.05) is 58.0 Å². The number of likely N-dealkylation sites (tertiary alicyclic amines) is 1. The number of ether oxygens (including phenoxy) is 2. The Hall–Kier alpha value is -7.10. The number of carbonyl (C=O) groups is 4. The van der Waals surface area contributed by atoms with Crippen LogP contribution in [0.25, 0.3) is 44.5 Å². The van der Waals surface area contributed by atoms with Crippen molar-refractivity contribution in [3.8, 4) is 33.5 Å². The molecule has 1 saturated heterocycles. The highest BCUT2D eigenvalue weighted by molar-refractivity contribution is 5.89. The van der Waals surface area contributed by atoms with Crippen molar-refractivity contribution in [1.29, 1.82) is 0 Å². The molecule has 2 aromatic heterocycles. The van der Waals surface area contributed by atoms with E-state index in [1.54, 1.807) is 53.6 Å². The Balaban J connectivity index is 1.02. The quantitative estimate of drug-likeness (QED) is 0.0809. The van der Waals surface area contributed by atoms with E-state index in [1.165, 1.54) is 26.4 Å². The second-order valence-electron chi connectivity index (χ2n) is 16.9. The molecule has 4 amide bonds. The number of aromatic nitrogens is 4. The van der Waals surface area contributed by atoms with Gasteiger partial charge >= 0.3 is 12.2 Å². The maximum absolute atomic E-state index is 16.6. The van der Waals surface area contributed by atoms with Crippen molar-refractivity contribution in [3.63, 3.8) is 0 Å². The third-order valence-corrected chi connectivity index (χ3v) is 12.1. The fourth-order valence-electron chi connectivity index (χ4n) is 8.68. The van der Waals surface area contributed by atoms with Crippen molar-refractivity contribution in [3.05, 3.63) is 119 Å². The SMILES string of the molecule is COC(=O)NC(C(=O)NC(c1ncc(-c2ccc3c(c2)C(F)(F)c2cc(-c4ccc5nc([C@@H]6CCCN6C(=O)[C@H](NC(=O)OC)c6ccccc6)[nH]c5c4)ccc2-3)[nH]1)C(C)C)C(C)C. The molecule has 1 aliphatic carbocycles. The Morgan fingerprint density at radius 3 is 2.09 bits per heavy atom. The van der Waals surface area contributed by atoms with Crippen LogP contribution in [0.1, 0.15) is 87.0 Å². The molecule has 4 aromatic carbocycles. The van der Waals surface area contributed by atoms with Gasteiger partial charge in [0.25, 0.3) is 11.8 Å². The second-order valence-corrected chi connectivity index (χ2v) is 16.9. The molecule has 2 aliphatic rings. The van der Waals surface area contributed by atoms with Crippen molar-refractivity contribution < 1.29 is 37.4 Å². The van der Waals surface area contributed by atoms with Gasteiger partial charge in [0.2, 0.25) is 5.91 Å². The fourth-order valence-corrected chi connectivity index (χ4v) is 8.68. The van der Waals surface area contributed by atoms with Gasteiger partial charge in [0.05, 0.1) is 49.2 Å². The molecule has 16 heteroatoms. The number of amides is 4. The molecule has 3 heterocycles. The first-order valence-electron chi connectivity index (χ1n) is 21.3. The number of hydrogen-bond acceptors (Lipinski definition) is 8. The molecular weight excluding hydrogens is 823 g/mol. The van der Waals surface area contributed by atoms with Crippen LogP contribution in [0.4, 0.5) is 18.4 Å². The summed E-state index contributed by atoms with van der Waals surface area (Å²) in [5.74, 6) is -3.30. The van der Waals surface area contributed by atoms with E-state index >= 15 is 8.78 Å². The summed E-state index contributed by atoms with van der Waals surface area (Å²) in [5, 5.41) is 8.24. The molecule has 14 nitrogen and oxygen atoms in total. The molecule has 6 aromatic rings. The van der Waals surface area contributed by atoms with Crippen molar-refractivity contribution in [2.45, 2.75) is 70.6 Å². The zero-order chi connectivity index (χ0) is 45.4. The highest BCUT2D eigenvalue weighted by Gasteiger charge is 2.45. The van der Waals surface area contributed by atoms with E-state index in [9.17, 15) is 19.2 Å². The Bertz CT molecular complexity index is 2730. The predicted molar refractivity (Wildman–Crippen MR) is 236 cm³/mol. The predicted octanol–water partition coefficient (Wildman–Crippen LogP) is 8.70. The van der Waals surface area contributed by atoms with E-state index in [-0.39, 0.29) is 34.9 Å². The number of methoxy groups -OCH3 is 2. The van der Waals surface area contributed by atoms with Crippen LogP contribution in [-0.4, -0.2) is 75.6 Å². The third-order valence-electron chi connectivity index (χ3n) is 12.1. The lowest BCUT2D eigenvalue weighted by molar-refractivity contribution is -0.134. The summed E-state index contributed by atoms with van der Waals surface area (Å²) >= 11 is 0. The van der Waals surface area contributed by atoms with Gasteiger partial charge in [0.15, 0.2) is 0 Å². The number of benzene rings is 4. The smallest absolute Gasteiger partial charge is 0.407 e. The number of nitrogens with zero attached hydrogens (tertiary/aromatic N) is 3. The first-order chi connectivity index (χ1) is 30.7. The number of alkyl carbamates (subject to hydrolysis) is 2. The molecule has 1 aliphatic heterocycles. The standard InChI is InChI=1S/C48H50F2N8O6/c1-25(2)39(55-44(59)40(26(3)4)56-46(61)63-5)43-51-24-37(54-43)30-15-18-32-31-17-14-28(21-33(31)48(49,50)34(32)22-30)29-16-19-35-36(23-29)53-42(52-35)38-13-10-20-58(38)45(60)41(57-47(62)64-6)27-11-8-7-9-12-27/h7-9,11-12,14-19,21-26,38-41H,10,13,20H2,1-6H3,(H,51,54)(H,52,53)(H,55,59)(H,56,61)(H,57,62)/t38-,39?,40?,41+/m0/s1. The number of hydrogen-bond donors (Lipinski definition) is 5. The molecule has 0 spiro atoms. The average molecular weight is 873 g/mol. The van der Waals surface area contributed by atoms with Crippen LogP contribution in [0.2, 0.25) is 0 Å². The van der Waals surface area contributed by atoms with Gasteiger partial charge in [-0.1, -0.05) is 88.4 Å². The number of rotatable bonds is 12. The molecule has 64 heavy (non-hydrogen) atoms. The van der Waals surface area contributed by atoms with Crippen LogP contribution < -0.4 is 16.0 Å². The van der Waals surface area contributed by atoms with Crippen LogP contribution in [0.5, 0.6) is 0 Å². The molecule has 0 saturated carbocycles. The van der Waals surface area contributed by atoms with Crippen LogP contribution >= 0.6 is 0 Å². The number of halogens is 2. The Morgan fingerprint density at radius 2 is 1.42 bits per heavy atom. The summed E-state index contributed by atoms with van der Waals surface area (Å²) in [7, 11) is 2.48. The van der Waals surface area contributed by atoms with Crippen LogP contribution in [-0.2, 0) is 25.0 Å². The summed E-state index contributed by atoms with van der Waals surface area (Å²) in [5.41, 5.74) is 4.93. The topological polar surface area (TPSA) is 183 Å². The molecule has 5 N–H and O–H groups in total. The van der Waals surface area contributed by atoms with Gasteiger partial charge in [-0.15, -0.1) is 0 Å². The monoisotopic (exact) mass is 872 g/mol. The summed E-state index contributed by atoms with van der Waals surface area (Å²) in [6.45, 7) is 7.93. The molecule has 0 bridgehead atoms. The number of carbonyl (C=O) groups excluding carboxylic acids is 4. The van der Waals surface area contributed by atoms with Gasteiger partial charge in [-0.3, -0.25) is 9.59 Å². The number of alkyl halides is 2. The Kier molecular flexibility index (Phi) is 12.0. The van der Waals surface area contributed by atoms with E-state index in [4.69, 9.17) is 14.5 Å². The Labute approximate surface area is 368 Å². The largest absolute Gasteiger partial charge is 0.453 e. The summed E-state index contributed by atoms with van der Waals surface area (Å²) in [4.78, 5) is 69.3. The zero-order valence-electron chi connectivity index (χ0n) is 36.3. The van der Waals surface area contributed by atoms with E-state index < -0.39 is 42.1 Å². The lowest BCUT2D eigenvalue weighted by atomic mass is 9.98. The van der Waals surface area contributed by atoms with E-state index in [2.05, 4.69) is 30.9 Å². The number of aromatic amines is 2. The van der Waals surface area contributed by atoms with Gasteiger partial charge in [-0.2, -0.15) is 8.78 Å². The second kappa shape index (κ2) is 17.6. The van der Waals surface area contributed by atoms with E-state index in [0.29, 0.717) is 74.7 Å². The maximum atomic E-state index is 16.6. The molecule has 8 rings (SSSR count). The number of imidazole rings is 2. The van der Waals surface area contributed by atoms with Crippen molar-refractivity contribution >= 4 is 35.0 Å². The fraction of sp³-hybridized carbons (Fsp3) is 0.333. The Morgan fingerprint density at radius 1 is 0.781 bits per heavy atom. The highest BCUT2D eigenvalue weighted by atomic mass is 19.3.